The van der Waals surface area contributed by atoms with Crippen molar-refractivity contribution in [1.29, 1.82) is 0 Å². The van der Waals surface area contributed by atoms with Crippen LogP contribution in [0.4, 0.5) is 0 Å². The predicted molar refractivity (Wildman–Crippen MR) is 13.7 cm³/mol. The Morgan fingerprint density at radius 1 is 1.14 bits per heavy atom. The second-order valence-corrected chi connectivity index (χ2v) is 1.57. The van der Waals surface area contributed by atoms with Crippen LogP contribution in [-0.2, 0) is 0 Å². The average molecular weight is 188 g/mol. The number of hydrogen-bond acceptors (Lipinski definition) is 4. The van der Waals surface area contributed by atoms with E-state index in [1.807, 2.05) is 0 Å². The standard InChI is InChI=1S/Li.HO4Si.Sr/c;1-5(2,3)4;/h;1H;/q+1;-3;+2. The molecule has 0 aliphatic rings. The van der Waals surface area contributed by atoms with Crippen LogP contribution in [-0.4, -0.2) is 59.3 Å². The van der Waals surface area contributed by atoms with Crippen LogP contribution < -0.4 is 33.2 Å². The molecule has 1 N–H and O–H groups in total. The zero-order valence-corrected chi connectivity index (χ0v) is 8.36. The van der Waals surface area contributed by atoms with Gasteiger partial charge in [-0.05, 0) is 0 Å². The number of rotatable bonds is 0. The molecule has 0 saturated heterocycles. The molecule has 0 atom stereocenters. The fraction of sp³-hybridized carbons (Fsp3) is 0. The molecule has 0 amide bonds. The summed E-state index contributed by atoms with van der Waals surface area (Å²) in [7, 11) is -5.36. The fourth-order valence-corrected chi connectivity index (χ4v) is 0. The molecule has 0 aromatic heterocycles. The molecule has 0 fully saturated rings. The van der Waals surface area contributed by atoms with E-state index in [0.29, 0.717) is 0 Å². The zero-order chi connectivity index (χ0) is 4.50. The first-order chi connectivity index (χ1) is 2.00. The van der Waals surface area contributed by atoms with E-state index in [9.17, 15) is 0 Å². The molecule has 0 rings (SSSR count). The van der Waals surface area contributed by atoms with E-state index in [1.54, 1.807) is 0 Å². The molecule has 0 bridgehead atoms. The molecular formula is HLiO4SiSr. The summed E-state index contributed by atoms with van der Waals surface area (Å²) in [4.78, 5) is 33.1. The van der Waals surface area contributed by atoms with Gasteiger partial charge in [-0.3, -0.25) is 0 Å². The summed E-state index contributed by atoms with van der Waals surface area (Å²) in [5.41, 5.74) is 0. The van der Waals surface area contributed by atoms with Crippen LogP contribution in [0.1, 0.15) is 0 Å². The molecule has 0 aliphatic carbocycles. The Morgan fingerprint density at radius 2 is 1.14 bits per heavy atom. The third kappa shape index (κ3) is 67.2. The van der Waals surface area contributed by atoms with E-state index in [0.717, 1.165) is 0 Å². The molecule has 4 nitrogen and oxygen atoms in total. The maximum Gasteiger partial charge on any atom is 2.00 e. The molecule has 0 aromatic rings. The summed E-state index contributed by atoms with van der Waals surface area (Å²) in [6.07, 6.45) is 0. The van der Waals surface area contributed by atoms with Crippen molar-refractivity contribution in [3.05, 3.63) is 0 Å². The third-order valence-electron chi connectivity index (χ3n) is 0. The Labute approximate surface area is 91.1 Å². The van der Waals surface area contributed by atoms with Gasteiger partial charge in [0.15, 0.2) is 0 Å². The maximum absolute atomic E-state index is 8.69. The Balaban J connectivity index is -0.0000000800. The van der Waals surface area contributed by atoms with Crippen LogP contribution in [0, 0.1) is 0 Å². The van der Waals surface area contributed by atoms with Crippen LogP contribution in [0.15, 0.2) is 0 Å². The second kappa shape index (κ2) is 6.26. The van der Waals surface area contributed by atoms with Crippen molar-refractivity contribution >= 4 is 54.5 Å². The first kappa shape index (κ1) is 16.1. The van der Waals surface area contributed by atoms with Crippen molar-refractivity contribution in [2.24, 2.45) is 0 Å². The Hall–Kier alpha value is 2.13. The van der Waals surface area contributed by atoms with E-state index < -0.39 is 9.05 Å². The van der Waals surface area contributed by atoms with Gasteiger partial charge in [0.2, 0.25) is 0 Å². The monoisotopic (exact) mass is 188 g/mol. The smallest absolute Gasteiger partial charge is 0.861 e. The molecule has 32 valence electrons. The van der Waals surface area contributed by atoms with Gasteiger partial charge in [-0.1, -0.05) is 0 Å². The van der Waals surface area contributed by atoms with E-state index in [2.05, 4.69) is 0 Å². The van der Waals surface area contributed by atoms with Crippen molar-refractivity contribution < 1.29 is 38.0 Å². The Bertz CT molecular complexity index is 27.2. The van der Waals surface area contributed by atoms with Crippen LogP contribution in [0.5, 0.6) is 0 Å². The molecule has 7 heavy (non-hydrogen) atoms. The molecule has 0 spiro atoms. The molecule has 0 heterocycles. The summed E-state index contributed by atoms with van der Waals surface area (Å²) in [6, 6.07) is 0. The molecule has 0 radical (unpaired) electrons. The van der Waals surface area contributed by atoms with Gasteiger partial charge in [0.05, 0.1) is 0 Å². The minimum absolute atomic E-state index is 0. The van der Waals surface area contributed by atoms with E-state index in [-0.39, 0.29) is 64.3 Å². The minimum atomic E-state index is -5.36. The van der Waals surface area contributed by atoms with Gasteiger partial charge in [0.25, 0.3) is 0 Å². The summed E-state index contributed by atoms with van der Waals surface area (Å²) in [6.45, 7) is 0. The third-order valence-corrected chi connectivity index (χ3v) is 0. The molecule has 0 aromatic carbocycles. The van der Waals surface area contributed by atoms with Crippen molar-refractivity contribution in [3.8, 4) is 0 Å². The van der Waals surface area contributed by atoms with Crippen LogP contribution >= 0.6 is 0 Å². The molecule has 0 saturated carbocycles. The molecule has 7 heteroatoms. The van der Waals surface area contributed by atoms with Gasteiger partial charge in [-0.15, -0.1) is 9.05 Å². The molecule has 0 aliphatic heterocycles. The summed E-state index contributed by atoms with van der Waals surface area (Å²) in [5, 5.41) is 0. The normalized spacial score (nSPS) is 8.57. The predicted octanol–water partition coefficient (Wildman–Crippen LogP) is -7.88. The largest absolute Gasteiger partial charge is 2.00 e. The Morgan fingerprint density at radius 3 is 1.14 bits per heavy atom. The zero-order valence-electron chi connectivity index (χ0n) is 3.88. The maximum atomic E-state index is 8.69. The van der Waals surface area contributed by atoms with Gasteiger partial charge in [0, 0.05) is 0 Å². The van der Waals surface area contributed by atoms with Gasteiger partial charge < -0.3 is 19.2 Å². The second-order valence-electron chi connectivity index (χ2n) is 0.524. The fourth-order valence-electron chi connectivity index (χ4n) is 0. The summed E-state index contributed by atoms with van der Waals surface area (Å²) < 4.78 is 0. The van der Waals surface area contributed by atoms with Crippen LogP contribution in [0.25, 0.3) is 0 Å². The number of hydrogen-bond donors (Lipinski definition) is 1. The summed E-state index contributed by atoms with van der Waals surface area (Å²) >= 11 is 0. The molecule has 0 unspecified atom stereocenters. The summed E-state index contributed by atoms with van der Waals surface area (Å²) in [5.74, 6) is 0. The Kier molecular flexibility index (Phi) is 14.4. The van der Waals surface area contributed by atoms with Gasteiger partial charge in [0.1, 0.15) is 0 Å². The van der Waals surface area contributed by atoms with Crippen LogP contribution in [0.2, 0.25) is 0 Å². The van der Waals surface area contributed by atoms with Gasteiger partial charge in [-0.25, -0.2) is 0 Å². The average Bonchev–Trinajstić information content (AvgIpc) is 0.722. The van der Waals surface area contributed by atoms with E-state index >= 15 is 0 Å². The SMILES string of the molecule is [Li+].[O-][Si]([O-])([O-])O.[Sr+2]. The van der Waals surface area contributed by atoms with Crippen molar-refractivity contribution in [1.82, 2.24) is 0 Å². The molecular weight excluding hydrogens is 187 g/mol. The first-order valence-corrected chi connectivity index (χ1v) is 2.51. The topological polar surface area (TPSA) is 89.4 Å². The van der Waals surface area contributed by atoms with Crippen molar-refractivity contribution in [3.63, 3.8) is 0 Å². The van der Waals surface area contributed by atoms with Crippen molar-refractivity contribution in [2.45, 2.75) is 0 Å². The van der Waals surface area contributed by atoms with E-state index in [1.165, 1.54) is 0 Å². The minimum Gasteiger partial charge on any atom is -0.861 e. The van der Waals surface area contributed by atoms with Crippen LogP contribution in [0.3, 0.4) is 0 Å². The van der Waals surface area contributed by atoms with Gasteiger partial charge in [-0.2, -0.15) is 0 Å². The first-order valence-electron chi connectivity index (χ1n) is 0.836. The van der Waals surface area contributed by atoms with Gasteiger partial charge >= 0.3 is 64.3 Å². The quantitative estimate of drug-likeness (QED) is 0.382. The van der Waals surface area contributed by atoms with E-state index in [4.69, 9.17) is 19.2 Å². The van der Waals surface area contributed by atoms with Crippen molar-refractivity contribution in [2.75, 3.05) is 0 Å².